The minimum atomic E-state index is -0.441. The second-order valence-electron chi connectivity index (χ2n) is 5.90. The molecular weight excluding hydrogens is 332 g/mol. The number of H-pyrrole nitrogens is 1. The van der Waals surface area contributed by atoms with Gasteiger partial charge >= 0.3 is 0 Å². The van der Waals surface area contributed by atoms with E-state index in [1.165, 1.54) is 6.07 Å². The number of hydrogen-bond donors (Lipinski definition) is 2. The maximum absolute atomic E-state index is 12.4. The SMILES string of the molecule is COc1ccc2[nH]c(CNC(=O)c3cc(=O)c4ccccc4o3)cc2c1. The number of aromatic nitrogens is 1. The zero-order valence-corrected chi connectivity index (χ0v) is 14.0. The number of carbonyl (C=O) groups is 1. The fourth-order valence-electron chi connectivity index (χ4n) is 2.87. The number of fused-ring (bicyclic) bond motifs is 2. The molecule has 0 unspecified atom stereocenters. The summed E-state index contributed by atoms with van der Waals surface area (Å²) in [7, 11) is 1.62. The van der Waals surface area contributed by atoms with Crippen molar-refractivity contribution >= 4 is 27.8 Å². The van der Waals surface area contributed by atoms with Gasteiger partial charge in [0.1, 0.15) is 11.3 Å². The van der Waals surface area contributed by atoms with Crippen molar-refractivity contribution in [1.82, 2.24) is 10.3 Å². The summed E-state index contributed by atoms with van der Waals surface area (Å²) < 4.78 is 10.8. The molecule has 6 nitrogen and oxygen atoms in total. The van der Waals surface area contributed by atoms with E-state index in [2.05, 4.69) is 10.3 Å². The first-order valence-electron chi connectivity index (χ1n) is 8.11. The zero-order chi connectivity index (χ0) is 18.1. The topological polar surface area (TPSA) is 84.3 Å². The van der Waals surface area contributed by atoms with Gasteiger partial charge in [-0.1, -0.05) is 12.1 Å². The van der Waals surface area contributed by atoms with E-state index < -0.39 is 5.91 Å². The number of benzene rings is 2. The van der Waals surface area contributed by atoms with Gasteiger partial charge in [0.15, 0.2) is 11.2 Å². The van der Waals surface area contributed by atoms with Crippen LogP contribution in [-0.4, -0.2) is 18.0 Å². The normalized spacial score (nSPS) is 11.0. The summed E-state index contributed by atoms with van der Waals surface area (Å²) in [6.45, 7) is 0.284. The van der Waals surface area contributed by atoms with Crippen LogP contribution in [0, 0.1) is 0 Å². The van der Waals surface area contributed by atoms with Gasteiger partial charge < -0.3 is 19.5 Å². The Balaban J connectivity index is 1.54. The molecule has 0 spiro atoms. The Bertz CT molecular complexity index is 1170. The molecule has 0 fully saturated rings. The molecule has 0 aliphatic carbocycles. The fraction of sp³-hybridized carbons (Fsp3) is 0.100. The van der Waals surface area contributed by atoms with Gasteiger partial charge in [-0.3, -0.25) is 9.59 Å². The highest BCUT2D eigenvalue weighted by molar-refractivity contribution is 5.93. The van der Waals surface area contributed by atoms with E-state index in [-0.39, 0.29) is 17.7 Å². The average molecular weight is 348 g/mol. The molecule has 2 heterocycles. The zero-order valence-electron chi connectivity index (χ0n) is 14.0. The summed E-state index contributed by atoms with van der Waals surface area (Å²) in [5.74, 6) is 0.320. The second-order valence-corrected chi connectivity index (χ2v) is 5.90. The molecule has 0 aliphatic heterocycles. The van der Waals surface area contributed by atoms with Crippen molar-refractivity contribution in [3.63, 3.8) is 0 Å². The molecule has 6 heteroatoms. The molecule has 4 rings (SSSR count). The number of methoxy groups -OCH3 is 1. The van der Waals surface area contributed by atoms with Gasteiger partial charge in [-0.05, 0) is 36.4 Å². The number of para-hydroxylation sites is 1. The molecule has 0 radical (unpaired) electrons. The summed E-state index contributed by atoms with van der Waals surface area (Å²) in [5, 5.41) is 4.21. The molecule has 1 amide bonds. The number of aromatic amines is 1. The highest BCUT2D eigenvalue weighted by Crippen LogP contribution is 2.21. The third-order valence-electron chi connectivity index (χ3n) is 4.18. The van der Waals surface area contributed by atoms with Crippen LogP contribution in [0.15, 0.2) is 63.8 Å². The number of rotatable bonds is 4. The quantitative estimate of drug-likeness (QED) is 0.593. The van der Waals surface area contributed by atoms with Crippen LogP contribution in [0.25, 0.3) is 21.9 Å². The van der Waals surface area contributed by atoms with Gasteiger partial charge in [-0.15, -0.1) is 0 Å². The van der Waals surface area contributed by atoms with Crippen molar-refractivity contribution in [2.75, 3.05) is 7.11 Å². The molecule has 0 aliphatic rings. The number of carbonyl (C=O) groups excluding carboxylic acids is 1. The molecule has 26 heavy (non-hydrogen) atoms. The van der Waals surface area contributed by atoms with Crippen molar-refractivity contribution in [1.29, 1.82) is 0 Å². The van der Waals surface area contributed by atoms with Crippen molar-refractivity contribution < 1.29 is 13.9 Å². The molecule has 2 N–H and O–H groups in total. The predicted molar refractivity (Wildman–Crippen MR) is 98.5 cm³/mol. The molecule has 0 saturated carbocycles. The molecule has 0 bridgehead atoms. The predicted octanol–water partition coefficient (Wildman–Crippen LogP) is 3.21. The first kappa shape index (κ1) is 16.0. The molecule has 130 valence electrons. The fourth-order valence-corrected chi connectivity index (χ4v) is 2.87. The van der Waals surface area contributed by atoms with Crippen LogP contribution in [0.2, 0.25) is 0 Å². The lowest BCUT2D eigenvalue weighted by Crippen LogP contribution is -2.24. The van der Waals surface area contributed by atoms with Crippen molar-refractivity contribution in [2.45, 2.75) is 6.54 Å². The van der Waals surface area contributed by atoms with Crippen LogP contribution in [0.1, 0.15) is 16.2 Å². The standard InChI is InChI=1S/C20H16N2O4/c1-25-14-6-7-16-12(9-14)8-13(22-16)11-21-20(24)19-10-17(23)15-4-2-3-5-18(15)26-19/h2-10,22H,11H2,1H3,(H,21,24). The number of ether oxygens (including phenoxy) is 1. The highest BCUT2D eigenvalue weighted by Gasteiger charge is 2.12. The van der Waals surface area contributed by atoms with Gasteiger partial charge in [-0.25, -0.2) is 0 Å². The van der Waals surface area contributed by atoms with E-state index in [0.717, 1.165) is 22.3 Å². The maximum Gasteiger partial charge on any atom is 0.287 e. The Morgan fingerprint density at radius 3 is 2.85 bits per heavy atom. The van der Waals surface area contributed by atoms with E-state index in [9.17, 15) is 9.59 Å². The smallest absolute Gasteiger partial charge is 0.287 e. The van der Waals surface area contributed by atoms with Crippen molar-refractivity contribution in [3.05, 3.63) is 76.3 Å². The summed E-state index contributed by atoms with van der Waals surface area (Å²) >= 11 is 0. The average Bonchev–Trinajstić information content (AvgIpc) is 3.08. The minimum Gasteiger partial charge on any atom is -0.497 e. The van der Waals surface area contributed by atoms with Crippen LogP contribution in [0.4, 0.5) is 0 Å². The Labute approximate surface area is 148 Å². The molecule has 4 aromatic rings. The molecule has 0 saturated heterocycles. The van der Waals surface area contributed by atoms with Crippen LogP contribution >= 0.6 is 0 Å². The Morgan fingerprint density at radius 1 is 1.15 bits per heavy atom. The molecule has 2 aromatic heterocycles. The number of hydrogen-bond acceptors (Lipinski definition) is 4. The summed E-state index contributed by atoms with van der Waals surface area (Å²) in [4.78, 5) is 27.7. The van der Waals surface area contributed by atoms with Crippen molar-refractivity contribution in [2.24, 2.45) is 0 Å². The lowest BCUT2D eigenvalue weighted by atomic mass is 10.2. The van der Waals surface area contributed by atoms with Crippen LogP contribution in [0.5, 0.6) is 5.75 Å². The summed E-state index contributed by atoms with van der Waals surface area (Å²) in [6, 6.07) is 15.7. The molecular formula is C20H16N2O4. The first-order chi connectivity index (χ1) is 12.6. The van der Waals surface area contributed by atoms with E-state index in [1.807, 2.05) is 24.3 Å². The monoisotopic (exact) mass is 348 g/mol. The number of amides is 1. The van der Waals surface area contributed by atoms with Gasteiger partial charge in [-0.2, -0.15) is 0 Å². The minimum absolute atomic E-state index is 0.00789. The third-order valence-corrected chi connectivity index (χ3v) is 4.18. The van der Waals surface area contributed by atoms with E-state index >= 15 is 0 Å². The molecule has 0 atom stereocenters. The van der Waals surface area contributed by atoms with Gasteiger partial charge in [0, 0.05) is 22.7 Å². The Morgan fingerprint density at radius 2 is 2.00 bits per heavy atom. The van der Waals surface area contributed by atoms with E-state index in [0.29, 0.717) is 11.0 Å². The lowest BCUT2D eigenvalue weighted by Gasteiger charge is -2.04. The number of nitrogens with one attached hydrogen (secondary N) is 2. The van der Waals surface area contributed by atoms with Crippen LogP contribution < -0.4 is 15.5 Å². The van der Waals surface area contributed by atoms with Crippen molar-refractivity contribution in [3.8, 4) is 5.75 Å². The first-order valence-corrected chi connectivity index (χ1v) is 8.11. The largest absolute Gasteiger partial charge is 0.497 e. The second kappa shape index (κ2) is 6.40. The van der Waals surface area contributed by atoms with Gasteiger partial charge in [0.05, 0.1) is 19.0 Å². The Hall–Kier alpha value is -3.54. The van der Waals surface area contributed by atoms with Crippen LogP contribution in [0.3, 0.4) is 0 Å². The van der Waals surface area contributed by atoms with Gasteiger partial charge in [0.2, 0.25) is 0 Å². The lowest BCUT2D eigenvalue weighted by molar-refractivity contribution is 0.0923. The summed E-state index contributed by atoms with van der Waals surface area (Å²) in [5.41, 5.74) is 1.94. The molecule has 2 aromatic carbocycles. The van der Waals surface area contributed by atoms with Gasteiger partial charge in [0.25, 0.3) is 5.91 Å². The maximum atomic E-state index is 12.4. The third kappa shape index (κ3) is 2.93. The van der Waals surface area contributed by atoms with E-state index in [4.69, 9.17) is 9.15 Å². The van der Waals surface area contributed by atoms with Crippen LogP contribution in [-0.2, 0) is 6.54 Å². The van der Waals surface area contributed by atoms with E-state index in [1.54, 1.807) is 31.4 Å². The summed E-state index contributed by atoms with van der Waals surface area (Å²) in [6.07, 6.45) is 0. The Kier molecular flexibility index (Phi) is 3.93. The highest BCUT2D eigenvalue weighted by atomic mass is 16.5.